The minimum absolute atomic E-state index is 0.435. The molecule has 0 saturated heterocycles. The number of pyridine rings is 1. The van der Waals surface area contributed by atoms with E-state index in [9.17, 15) is 0 Å². The number of hydrogen-bond donors (Lipinski definition) is 0. The number of benzene rings is 1. The standard InChI is InChI=1S/C16H15ClN2S/c1-19(11-13-5-4-8-20-13)16-9-12(10-17)18-15-7-3-2-6-14(15)16/h2-9H,10-11H2,1H3. The van der Waals surface area contributed by atoms with Gasteiger partial charge in [0.2, 0.25) is 0 Å². The Bertz CT molecular complexity index is 710. The van der Waals surface area contributed by atoms with E-state index in [0.717, 1.165) is 17.8 Å². The molecule has 0 amide bonds. The highest BCUT2D eigenvalue weighted by Gasteiger charge is 2.10. The van der Waals surface area contributed by atoms with Crippen molar-refractivity contribution in [3.8, 4) is 0 Å². The lowest BCUT2D eigenvalue weighted by molar-refractivity contribution is 0.942. The zero-order valence-corrected chi connectivity index (χ0v) is 12.8. The van der Waals surface area contributed by atoms with Crippen LogP contribution in [0.5, 0.6) is 0 Å². The van der Waals surface area contributed by atoms with Crippen molar-refractivity contribution in [3.63, 3.8) is 0 Å². The molecule has 0 atom stereocenters. The average Bonchev–Trinajstić information content (AvgIpc) is 2.98. The van der Waals surface area contributed by atoms with Gasteiger partial charge in [-0.15, -0.1) is 22.9 Å². The number of fused-ring (bicyclic) bond motifs is 1. The van der Waals surface area contributed by atoms with Crippen LogP contribution in [0.15, 0.2) is 47.8 Å². The Morgan fingerprint density at radius 2 is 2.05 bits per heavy atom. The van der Waals surface area contributed by atoms with Crippen molar-refractivity contribution in [2.45, 2.75) is 12.4 Å². The minimum Gasteiger partial charge on any atom is -0.369 e. The molecule has 0 N–H and O–H groups in total. The van der Waals surface area contributed by atoms with Gasteiger partial charge in [0.15, 0.2) is 0 Å². The first kappa shape index (κ1) is 13.4. The van der Waals surface area contributed by atoms with Crippen LogP contribution < -0.4 is 4.90 Å². The molecule has 0 radical (unpaired) electrons. The summed E-state index contributed by atoms with van der Waals surface area (Å²) in [6, 6.07) is 14.5. The third-order valence-electron chi connectivity index (χ3n) is 3.27. The molecule has 0 aliphatic rings. The van der Waals surface area contributed by atoms with Gasteiger partial charge < -0.3 is 4.90 Å². The van der Waals surface area contributed by atoms with E-state index in [2.05, 4.69) is 46.6 Å². The molecule has 1 aromatic carbocycles. The highest BCUT2D eigenvalue weighted by Crippen LogP contribution is 2.28. The largest absolute Gasteiger partial charge is 0.369 e. The molecule has 4 heteroatoms. The lowest BCUT2D eigenvalue weighted by atomic mass is 10.1. The summed E-state index contributed by atoms with van der Waals surface area (Å²) in [4.78, 5) is 8.18. The number of nitrogens with zero attached hydrogens (tertiary/aromatic N) is 2. The molecule has 2 nitrogen and oxygen atoms in total. The Hall–Kier alpha value is -1.58. The number of aromatic nitrogens is 1. The molecule has 0 saturated carbocycles. The maximum atomic E-state index is 5.97. The summed E-state index contributed by atoms with van der Waals surface area (Å²) in [6.07, 6.45) is 0. The summed E-state index contributed by atoms with van der Waals surface area (Å²) >= 11 is 7.75. The van der Waals surface area contributed by atoms with Gasteiger partial charge in [-0.2, -0.15) is 0 Å². The molecular formula is C16H15ClN2S. The van der Waals surface area contributed by atoms with Crippen LogP contribution in [0.3, 0.4) is 0 Å². The molecular weight excluding hydrogens is 288 g/mol. The number of halogens is 1. The van der Waals surface area contributed by atoms with E-state index in [1.165, 1.54) is 16.0 Å². The molecule has 0 fully saturated rings. The van der Waals surface area contributed by atoms with Crippen molar-refractivity contribution in [1.82, 2.24) is 4.98 Å². The van der Waals surface area contributed by atoms with E-state index < -0.39 is 0 Å². The first-order valence-corrected chi connectivity index (χ1v) is 7.87. The van der Waals surface area contributed by atoms with Crippen molar-refractivity contribution in [1.29, 1.82) is 0 Å². The van der Waals surface area contributed by atoms with E-state index in [-0.39, 0.29) is 0 Å². The number of hydrogen-bond acceptors (Lipinski definition) is 3. The number of alkyl halides is 1. The van der Waals surface area contributed by atoms with Crippen LogP contribution >= 0.6 is 22.9 Å². The van der Waals surface area contributed by atoms with Gasteiger partial charge in [0.05, 0.1) is 23.6 Å². The van der Waals surface area contributed by atoms with Crippen molar-refractivity contribution < 1.29 is 0 Å². The van der Waals surface area contributed by atoms with Crippen molar-refractivity contribution in [2.24, 2.45) is 0 Å². The summed E-state index contributed by atoms with van der Waals surface area (Å²) in [5.74, 6) is 0.435. The lowest BCUT2D eigenvalue weighted by Crippen LogP contribution is -2.16. The Balaban J connectivity index is 2.04. The monoisotopic (exact) mass is 302 g/mol. The highest BCUT2D eigenvalue weighted by atomic mass is 35.5. The summed E-state index contributed by atoms with van der Waals surface area (Å²) in [7, 11) is 2.11. The van der Waals surface area contributed by atoms with Gasteiger partial charge in [0.1, 0.15) is 0 Å². The third kappa shape index (κ3) is 2.65. The van der Waals surface area contributed by atoms with E-state index in [1.807, 2.05) is 18.2 Å². The number of anilines is 1. The highest BCUT2D eigenvalue weighted by molar-refractivity contribution is 7.09. The first-order valence-electron chi connectivity index (χ1n) is 6.46. The van der Waals surface area contributed by atoms with Gasteiger partial charge >= 0.3 is 0 Å². The predicted molar refractivity (Wildman–Crippen MR) is 87.7 cm³/mol. The van der Waals surface area contributed by atoms with Crippen LogP contribution in [0.4, 0.5) is 5.69 Å². The van der Waals surface area contributed by atoms with Gasteiger partial charge in [-0.25, -0.2) is 0 Å². The van der Waals surface area contributed by atoms with Gasteiger partial charge in [-0.05, 0) is 23.6 Å². The molecule has 3 rings (SSSR count). The van der Waals surface area contributed by atoms with Crippen molar-refractivity contribution in [3.05, 3.63) is 58.4 Å². The second-order valence-corrected chi connectivity index (χ2v) is 6.02. The Morgan fingerprint density at radius 1 is 1.20 bits per heavy atom. The summed E-state index contributed by atoms with van der Waals surface area (Å²) in [5.41, 5.74) is 3.09. The molecule has 0 unspecified atom stereocenters. The van der Waals surface area contributed by atoms with Gasteiger partial charge in [0, 0.05) is 23.0 Å². The Kier molecular flexibility index (Phi) is 3.90. The van der Waals surface area contributed by atoms with E-state index in [0.29, 0.717) is 5.88 Å². The Labute approximate surface area is 127 Å². The fraction of sp³-hybridized carbons (Fsp3) is 0.188. The molecule has 102 valence electrons. The van der Waals surface area contributed by atoms with Crippen LogP contribution in [0.1, 0.15) is 10.6 Å². The fourth-order valence-corrected chi connectivity index (χ4v) is 3.21. The average molecular weight is 303 g/mol. The predicted octanol–water partition coefficient (Wildman–Crippen LogP) is 4.67. The molecule has 2 heterocycles. The molecule has 3 aromatic rings. The zero-order chi connectivity index (χ0) is 13.9. The van der Waals surface area contributed by atoms with Crippen molar-refractivity contribution in [2.75, 3.05) is 11.9 Å². The number of rotatable bonds is 4. The zero-order valence-electron chi connectivity index (χ0n) is 11.2. The molecule has 20 heavy (non-hydrogen) atoms. The van der Waals surface area contributed by atoms with Crippen LogP contribution in [0, 0.1) is 0 Å². The number of para-hydroxylation sites is 1. The molecule has 0 spiro atoms. The van der Waals surface area contributed by atoms with Gasteiger partial charge in [-0.3, -0.25) is 4.98 Å². The minimum atomic E-state index is 0.435. The lowest BCUT2D eigenvalue weighted by Gasteiger charge is -2.21. The molecule has 0 aliphatic heterocycles. The van der Waals surface area contributed by atoms with Crippen LogP contribution in [-0.2, 0) is 12.4 Å². The van der Waals surface area contributed by atoms with E-state index in [1.54, 1.807) is 11.3 Å². The Morgan fingerprint density at radius 3 is 2.80 bits per heavy atom. The van der Waals surface area contributed by atoms with Gasteiger partial charge in [0.25, 0.3) is 0 Å². The normalized spacial score (nSPS) is 10.9. The second kappa shape index (κ2) is 5.81. The van der Waals surface area contributed by atoms with Crippen molar-refractivity contribution >= 4 is 39.5 Å². The van der Waals surface area contributed by atoms with E-state index >= 15 is 0 Å². The molecule has 2 aromatic heterocycles. The SMILES string of the molecule is CN(Cc1cccs1)c1cc(CCl)nc2ccccc12. The summed E-state index contributed by atoms with van der Waals surface area (Å²) in [5, 5.41) is 3.28. The number of thiophene rings is 1. The quantitative estimate of drug-likeness (QED) is 0.651. The fourth-order valence-electron chi connectivity index (χ4n) is 2.32. The second-order valence-electron chi connectivity index (χ2n) is 4.72. The third-order valence-corrected chi connectivity index (χ3v) is 4.40. The maximum absolute atomic E-state index is 5.97. The molecule has 0 bridgehead atoms. The smallest absolute Gasteiger partial charge is 0.0726 e. The topological polar surface area (TPSA) is 16.1 Å². The summed E-state index contributed by atoms with van der Waals surface area (Å²) < 4.78 is 0. The molecule has 0 aliphatic carbocycles. The first-order chi connectivity index (χ1) is 9.78. The van der Waals surface area contributed by atoms with Gasteiger partial charge in [-0.1, -0.05) is 24.3 Å². The van der Waals surface area contributed by atoms with E-state index in [4.69, 9.17) is 11.6 Å². The van der Waals surface area contributed by atoms with Crippen LogP contribution in [-0.4, -0.2) is 12.0 Å². The van der Waals surface area contributed by atoms with Crippen LogP contribution in [0.2, 0.25) is 0 Å². The van der Waals surface area contributed by atoms with Crippen LogP contribution in [0.25, 0.3) is 10.9 Å². The summed E-state index contributed by atoms with van der Waals surface area (Å²) in [6.45, 7) is 0.896. The maximum Gasteiger partial charge on any atom is 0.0726 e.